The molecule has 2 aliphatic rings. The lowest BCUT2D eigenvalue weighted by molar-refractivity contribution is -0.137. The van der Waals surface area contributed by atoms with Gasteiger partial charge in [-0.2, -0.15) is 13.2 Å². The molecule has 1 fully saturated rings. The van der Waals surface area contributed by atoms with Gasteiger partial charge in [-0.05, 0) is 19.1 Å². The lowest BCUT2D eigenvalue weighted by Crippen LogP contribution is -2.44. The number of hydrogen-bond acceptors (Lipinski definition) is 4. The standard InChI is InChI=1S/C16H18F3N3O2S/c1-11-14(12-3-5-13(6-4-12)16(17,18)19)21-15(20-11)7-9-22(10-8-15)25(2,23)24/h3-6H,7-10H2,1-2H3. The molecule has 0 N–H and O–H groups in total. The summed E-state index contributed by atoms with van der Waals surface area (Å²) in [6.07, 6.45) is -2.28. The Morgan fingerprint density at radius 2 is 1.64 bits per heavy atom. The Bertz CT molecular complexity index is 834. The molecule has 1 spiro atoms. The largest absolute Gasteiger partial charge is 0.416 e. The second kappa shape index (κ2) is 5.91. The molecule has 0 bridgehead atoms. The van der Waals surface area contributed by atoms with Crippen LogP contribution in [0.25, 0.3) is 0 Å². The van der Waals surface area contributed by atoms with Crippen LogP contribution < -0.4 is 0 Å². The molecule has 2 heterocycles. The summed E-state index contributed by atoms with van der Waals surface area (Å²) < 4.78 is 62.7. The summed E-state index contributed by atoms with van der Waals surface area (Å²) >= 11 is 0. The molecule has 0 aromatic heterocycles. The second-order valence-electron chi connectivity index (χ2n) is 6.38. The zero-order valence-corrected chi connectivity index (χ0v) is 14.7. The smallest absolute Gasteiger partial charge is 0.258 e. The van der Waals surface area contributed by atoms with E-state index in [2.05, 4.69) is 9.98 Å². The van der Waals surface area contributed by atoms with Gasteiger partial charge >= 0.3 is 6.18 Å². The van der Waals surface area contributed by atoms with Gasteiger partial charge in [-0.3, -0.25) is 9.98 Å². The van der Waals surface area contributed by atoms with Crippen LogP contribution in [-0.4, -0.2) is 49.2 Å². The molecule has 3 rings (SSSR count). The van der Waals surface area contributed by atoms with E-state index in [1.165, 1.54) is 22.7 Å². The second-order valence-corrected chi connectivity index (χ2v) is 8.36. The van der Waals surface area contributed by atoms with Gasteiger partial charge in [-0.1, -0.05) is 12.1 Å². The molecule has 9 heteroatoms. The van der Waals surface area contributed by atoms with Gasteiger partial charge in [-0.15, -0.1) is 0 Å². The zero-order chi connectivity index (χ0) is 18.5. The molecule has 2 aliphatic heterocycles. The van der Waals surface area contributed by atoms with Crippen LogP contribution in [0, 0.1) is 0 Å². The fraction of sp³-hybridized carbons (Fsp3) is 0.500. The third-order valence-electron chi connectivity index (χ3n) is 4.52. The molecule has 0 unspecified atom stereocenters. The summed E-state index contributed by atoms with van der Waals surface area (Å²) in [5, 5.41) is 0. The molecule has 0 saturated carbocycles. The van der Waals surface area contributed by atoms with E-state index in [1.807, 2.05) is 0 Å². The average molecular weight is 373 g/mol. The maximum absolute atomic E-state index is 12.7. The number of halogens is 3. The van der Waals surface area contributed by atoms with Crippen molar-refractivity contribution >= 4 is 21.4 Å². The number of piperidine rings is 1. The summed E-state index contributed by atoms with van der Waals surface area (Å²) in [6, 6.07) is 4.85. The lowest BCUT2D eigenvalue weighted by atomic mass is 10.00. The Labute approximate surface area is 144 Å². The van der Waals surface area contributed by atoms with E-state index in [9.17, 15) is 21.6 Å². The van der Waals surface area contributed by atoms with Gasteiger partial charge < -0.3 is 0 Å². The fourth-order valence-corrected chi connectivity index (χ4v) is 4.02. The van der Waals surface area contributed by atoms with Crippen molar-refractivity contribution in [1.82, 2.24) is 4.31 Å². The van der Waals surface area contributed by atoms with Crippen LogP contribution in [0.4, 0.5) is 13.2 Å². The minimum Gasteiger partial charge on any atom is -0.258 e. The number of hydrogen-bond donors (Lipinski definition) is 0. The SMILES string of the molecule is CC1=NC2(CCN(S(C)(=O)=O)CC2)N=C1c1ccc(C(F)(F)F)cc1. The quantitative estimate of drug-likeness (QED) is 0.800. The van der Waals surface area contributed by atoms with Crippen molar-refractivity contribution in [2.75, 3.05) is 19.3 Å². The van der Waals surface area contributed by atoms with Gasteiger partial charge in [0.05, 0.1) is 23.2 Å². The predicted molar refractivity (Wildman–Crippen MR) is 89.5 cm³/mol. The van der Waals surface area contributed by atoms with E-state index in [4.69, 9.17) is 0 Å². The van der Waals surface area contributed by atoms with Gasteiger partial charge in [0.2, 0.25) is 10.0 Å². The fourth-order valence-electron chi connectivity index (χ4n) is 3.17. The molecule has 1 aromatic carbocycles. The molecule has 0 atom stereocenters. The Balaban J connectivity index is 1.83. The van der Waals surface area contributed by atoms with E-state index >= 15 is 0 Å². The molecule has 0 aliphatic carbocycles. The molecule has 0 radical (unpaired) electrons. The predicted octanol–water partition coefficient (Wildman–Crippen LogP) is 2.72. The van der Waals surface area contributed by atoms with Crippen LogP contribution >= 0.6 is 0 Å². The first-order valence-corrected chi connectivity index (χ1v) is 9.64. The number of sulfonamides is 1. The Hall–Kier alpha value is -1.74. The van der Waals surface area contributed by atoms with Crippen LogP contribution in [0.15, 0.2) is 34.3 Å². The van der Waals surface area contributed by atoms with Crippen molar-refractivity contribution in [1.29, 1.82) is 0 Å². The molecular weight excluding hydrogens is 355 g/mol. The van der Waals surface area contributed by atoms with Crippen molar-refractivity contribution in [3.05, 3.63) is 35.4 Å². The first-order chi connectivity index (χ1) is 11.5. The number of alkyl halides is 3. The minimum absolute atomic E-state index is 0.333. The molecule has 0 amide bonds. The topological polar surface area (TPSA) is 62.1 Å². The van der Waals surface area contributed by atoms with Crippen molar-refractivity contribution in [2.24, 2.45) is 9.98 Å². The molecule has 5 nitrogen and oxygen atoms in total. The van der Waals surface area contributed by atoms with Crippen LogP contribution in [0.5, 0.6) is 0 Å². The van der Waals surface area contributed by atoms with E-state index < -0.39 is 27.4 Å². The van der Waals surface area contributed by atoms with Crippen molar-refractivity contribution in [2.45, 2.75) is 31.6 Å². The maximum Gasteiger partial charge on any atom is 0.416 e. The van der Waals surface area contributed by atoms with Crippen molar-refractivity contribution in [3.8, 4) is 0 Å². The molecule has 136 valence electrons. The molecular formula is C16H18F3N3O2S. The van der Waals surface area contributed by atoms with Gasteiger partial charge in [0.15, 0.2) is 5.66 Å². The zero-order valence-electron chi connectivity index (χ0n) is 13.8. The first-order valence-electron chi connectivity index (χ1n) is 7.80. The highest BCUT2D eigenvalue weighted by Crippen LogP contribution is 2.34. The minimum atomic E-state index is -4.38. The first kappa shape index (κ1) is 18.1. The van der Waals surface area contributed by atoms with Gasteiger partial charge in [0.25, 0.3) is 0 Å². The van der Waals surface area contributed by atoms with E-state index in [0.29, 0.717) is 42.9 Å². The summed E-state index contributed by atoms with van der Waals surface area (Å²) in [6.45, 7) is 2.44. The Morgan fingerprint density at radius 3 is 2.12 bits per heavy atom. The number of benzene rings is 1. The van der Waals surface area contributed by atoms with Crippen LogP contribution in [0.2, 0.25) is 0 Å². The van der Waals surface area contributed by atoms with Gasteiger partial charge in [0.1, 0.15) is 0 Å². The summed E-state index contributed by atoms with van der Waals surface area (Å²) in [5.74, 6) is 0. The van der Waals surface area contributed by atoms with E-state index in [-0.39, 0.29) is 0 Å². The van der Waals surface area contributed by atoms with Crippen LogP contribution in [-0.2, 0) is 16.2 Å². The van der Waals surface area contributed by atoms with Crippen molar-refractivity contribution < 1.29 is 21.6 Å². The van der Waals surface area contributed by atoms with E-state index in [1.54, 1.807) is 6.92 Å². The number of aliphatic imine (C=N–C) groups is 2. The maximum atomic E-state index is 12.7. The highest BCUT2D eigenvalue weighted by molar-refractivity contribution is 7.88. The highest BCUT2D eigenvalue weighted by atomic mass is 32.2. The number of rotatable bonds is 2. The molecule has 1 saturated heterocycles. The summed E-state index contributed by atoms with van der Waals surface area (Å²) in [7, 11) is -3.24. The van der Waals surface area contributed by atoms with Gasteiger partial charge in [-0.25, -0.2) is 12.7 Å². The lowest BCUT2D eigenvalue weighted by Gasteiger charge is -2.33. The van der Waals surface area contributed by atoms with E-state index in [0.717, 1.165) is 12.1 Å². The van der Waals surface area contributed by atoms with Crippen LogP contribution in [0.1, 0.15) is 30.9 Å². The Kier molecular flexibility index (Phi) is 4.27. The van der Waals surface area contributed by atoms with Crippen LogP contribution in [0.3, 0.4) is 0 Å². The van der Waals surface area contributed by atoms with Crippen molar-refractivity contribution in [3.63, 3.8) is 0 Å². The summed E-state index contributed by atoms with van der Waals surface area (Å²) in [5.41, 5.74) is 0.398. The third-order valence-corrected chi connectivity index (χ3v) is 5.82. The number of nitrogens with zero attached hydrogens (tertiary/aromatic N) is 3. The molecule has 25 heavy (non-hydrogen) atoms. The summed E-state index contributed by atoms with van der Waals surface area (Å²) in [4.78, 5) is 9.24. The average Bonchev–Trinajstić information content (AvgIpc) is 2.82. The molecule has 1 aromatic rings. The highest BCUT2D eigenvalue weighted by Gasteiger charge is 2.40. The monoisotopic (exact) mass is 373 g/mol. The normalized spacial score (nSPS) is 21.3. The third kappa shape index (κ3) is 3.62. The van der Waals surface area contributed by atoms with Gasteiger partial charge in [0, 0.05) is 31.5 Å². The Morgan fingerprint density at radius 1 is 1.08 bits per heavy atom.